The SMILES string of the molecule is O=c1c2cc(-c3cc(-c4ccccc4)cc4c3Oc3ccc(-c5ccccc5)cc3C43c4ccccc4-n4c(=O)c5ccc(-c6ccccc6)cc5c5csc3c54)ccc2c2cccc3c2n1-c1ccccc1C31c2ccccc2Oc2ccccc21. The molecule has 4 aliphatic rings. The maximum absolute atomic E-state index is 16.2. The third kappa shape index (κ3) is 6.32. The fourth-order valence-electron chi connectivity index (χ4n) is 15.5. The Balaban J connectivity index is 0.915. The summed E-state index contributed by atoms with van der Waals surface area (Å²) in [6, 6.07) is 95.3. The van der Waals surface area contributed by atoms with Crippen molar-refractivity contribution in [2.75, 3.05) is 0 Å². The van der Waals surface area contributed by atoms with E-state index in [1.807, 2.05) is 51.6 Å². The Bertz CT molecular complexity index is 5600. The maximum atomic E-state index is 16.2. The summed E-state index contributed by atoms with van der Waals surface area (Å²) in [6.45, 7) is 0. The highest BCUT2D eigenvalue weighted by molar-refractivity contribution is 7.12. The predicted octanol–water partition coefficient (Wildman–Crippen LogP) is 18.9. The highest BCUT2D eigenvalue weighted by Crippen LogP contribution is 2.64. The topological polar surface area (TPSA) is 62.5 Å². The quantitative estimate of drug-likeness (QED) is 0.165. The summed E-state index contributed by atoms with van der Waals surface area (Å²) in [4.78, 5) is 32.8. The Kier molecular flexibility index (Phi) is 9.83. The molecule has 0 saturated heterocycles. The molecule has 1 unspecified atom stereocenters. The Morgan fingerprint density at radius 2 is 0.805 bits per heavy atom. The van der Waals surface area contributed by atoms with Crippen LogP contribution in [0.5, 0.6) is 23.0 Å². The largest absolute Gasteiger partial charge is 0.457 e. The first-order chi connectivity index (χ1) is 43.0. The lowest BCUT2D eigenvalue weighted by Crippen LogP contribution is -2.40. The van der Waals surface area contributed by atoms with Gasteiger partial charge in [-0.3, -0.25) is 18.7 Å². The summed E-state index contributed by atoms with van der Waals surface area (Å²) < 4.78 is 18.2. The van der Waals surface area contributed by atoms with Gasteiger partial charge < -0.3 is 9.47 Å². The lowest BCUT2D eigenvalue weighted by atomic mass is 9.61. The van der Waals surface area contributed by atoms with Crippen molar-refractivity contribution in [1.29, 1.82) is 0 Å². The van der Waals surface area contributed by atoms with Gasteiger partial charge in [0, 0.05) is 59.6 Å². The molecule has 0 radical (unpaired) electrons. The number of hydrogen-bond donors (Lipinski definition) is 0. The molecule has 406 valence electrons. The molecule has 6 nitrogen and oxygen atoms in total. The van der Waals surface area contributed by atoms with Crippen LogP contribution in [0.2, 0.25) is 0 Å². The van der Waals surface area contributed by atoms with E-state index < -0.39 is 10.8 Å². The molecule has 0 bridgehead atoms. The molecule has 0 N–H and O–H groups in total. The van der Waals surface area contributed by atoms with Crippen molar-refractivity contribution >= 4 is 54.7 Å². The molecule has 19 rings (SSSR count). The number of ether oxygens (including phenoxy) is 2. The van der Waals surface area contributed by atoms with Crippen molar-refractivity contribution in [2.24, 2.45) is 0 Å². The summed E-state index contributed by atoms with van der Waals surface area (Å²) in [6.07, 6.45) is 0. The maximum Gasteiger partial charge on any atom is 0.263 e. The van der Waals surface area contributed by atoms with Gasteiger partial charge >= 0.3 is 0 Å². The van der Waals surface area contributed by atoms with Crippen LogP contribution in [-0.4, -0.2) is 9.13 Å². The highest BCUT2D eigenvalue weighted by Gasteiger charge is 2.53. The van der Waals surface area contributed by atoms with Gasteiger partial charge in [0.2, 0.25) is 0 Å². The molecule has 0 amide bonds. The molecule has 0 saturated carbocycles. The van der Waals surface area contributed by atoms with E-state index in [2.05, 4.69) is 236 Å². The first-order valence-corrected chi connectivity index (χ1v) is 30.3. The zero-order valence-electron chi connectivity index (χ0n) is 46.5. The second-order valence-electron chi connectivity index (χ2n) is 23.3. The van der Waals surface area contributed by atoms with E-state index in [1.165, 1.54) is 0 Å². The van der Waals surface area contributed by atoms with Crippen molar-refractivity contribution in [3.8, 4) is 78.9 Å². The Morgan fingerprint density at radius 1 is 0.299 bits per heavy atom. The van der Waals surface area contributed by atoms with E-state index in [4.69, 9.17) is 9.47 Å². The van der Waals surface area contributed by atoms with E-state index >= 15 is 9.59 Å². The van der Waals surface area contributed by atoms with Gasteiger partial charge in [-0.25, -0.2) is 0 Å². The minimum absolute atomic E-state index is 0.0651. The highest BCUT2D eigenvalue weighted by atomic mass is 32.1. The van der Waals surface area contributed by atoms with Crippen molar-refractivity contribution in [1.82, 2.24) is 9.13 Å². The molecule has 87 heavy (non-hydrogen) atoms. The van der Waals surface area contributed by atoms with Crippen LogP contribution in [0.1, 0.15) is 43.8 Å². The molecule has 12 aromatic carbocycles. The van der Waals surface area contributed by atoms with E-state index in [0.29, 0.717) is 22.3 Å². The second-order valence-corrected chi connectivity index (χ2v) is 24.2. The summed E-state index contributed by atoms with van der Waals surface area (Å²) in [7, 11) is 0. The first kappa shape index (κ1) is 48.3. The Morgan fingerprint density at radius 3 is 1.49 bits per heavy atom. The number of benzene rings is 12. The summed E-state index contributed by atoms with van der Waals surface area (Å²) in [5.41, 5.74) is 16.3. The molecule has 1 atom stereocenters. The lowest BCUT2D eigenvalue weighted by Gasteiger charge is -2.45. The number of nitrogens with zero attached hydrogens (tertiary/aromatic N) is 2. The molecule has 7 heteroatoms. The third-order valence-electron chi connectivity index (χ3n) is 19.1. The van der Waals surface area contributed by atoms with Crippen molar-refractivity contribution in [3.63, 3.8) is 0 Å². The average molecular weight is 1130 g/mol. The van der Waals surface area contributed by atoms with E-state index in [9.17, 15) is 0 Å². The Hall–Kier alpha value is -11.1. The number of rotatable bonds is 4. The third-order valence-corrected chi connectivity index (χ3v) is 20.2. The number of aromatic nitrogens is 2. The van der Waals surface area contributed by atoms with Crippen molar-refractivity contribution < 1.29 is 9.47 Å². The summed E-state index contributed by atoms with van der Waals surface area (Å²) in [5, 5.41) is 7.27. The van der Waals surface area contributed by atoms with Gasteiger partial charge in [0.25, 0.3) is 11.1 Å². The number of para-hydroxylation sites is 5. The van der Waals surface area contributed by atoms with Gasteiger partial charge in [0.15, 0.2) is 0 Å². The minimum atomic E-state index is -1.03. The van der Waals surface area contributed by atoms with E-state index in [1.54, 1.807) is 11.3 Å². The zero-order chi connectivity index (χ0) is 57.3. The fraction of sp³-hybridized carbons (Fsp3) is 0.0250. The lowest BCUT2D eigenvalue weighted by molar-refractivity contribution is 0.433. The fourth-order valence-corrected chi connectivity index (χ4v) is 16.8. The normalized spacial score (nSPS) is 15.1. The van der Waals surface area contributed by atoms with Crippen LogP contribution >= 0.6 is 11.3 Å². The van der Waals surface area contributed by atoms with Crippen LogP contribution < -0.4 is 20.6 Å². The van der Waals surface area contributed by atoms with Crippen molar-refractivity contribution in [2.45, 2.75) is 10.8 Å². The van der Waals surface area contributed by atoms with Gasteiger partial charge in [-0.05, 0) is 133 Å². The second kappa shape index (κ2) is 17.7. The van der Waals surface area contributed by atoms with Crippen LogP contribution in [0.25, 0.3) is 99.2 Å². The molecule has 0 aliphatic carbocycles. The van der Waals surface area contributed by atoms with Crippen LogP contribution in [0, 0.1) is 0 Å². The Labute approximate surface area is 502 Å². The smallest absolute Gasteiger partial charge is 0.263 e. The minimum Gasteiger partial charge on any atom is -0.457 e. The van der Waals surface area contributed by atoms with Crippen LogP contribution in [0.4, 0.5) is 0 Å². The van der Waals surface area contributed by atoms with Crippen LogP contribution in [0.3, 0.4) is 0 Å². The average Bonchev–Trinajstić information content (AvgIpc) is 1.27. The zero-order valence-corrected chi connectivity index (χ0v) is 47.3. The van der Waals surface area contributed by atoms with E-state index in [-0.39, 0.29) is 11.1 Å². The standard InChI is InChI=1S/C80H46N2O4S/c83-77-56-39-35-50(47-19-4-1-5-20-47)41-58(56)60-46-87-76-74(60)82(77)69-32-15-11-27-62(69)80(76)66-44-51(48-21-6-2-7-22-48)37-40-72(66)86-75-57(43-53(45-67(75)80)49-23-8-3-9-24-49)52-36-38-54-55-25-18-30-65-73(55)81(78(84)59(54)42-52)68-31-14-10-26-61(68)79(65)63-28-12-16-33-70(63)85-71-34-17-13-29-64(71)79/h1-46H. The molecular weight excluding hydrogens is 1080 g/mol. The number of hydrogen-bond acceptors (Lipinski definition) is 5. The molecule has 15 aromatic rings. The van der Waals surface area contributed by atoms with Gasteiger partial charge in [0.05, 0.1) is 33.2 Å². The molecule has 0 fully saturated rings. The number of fused-ring (bicyclic) bond motifs is 20. The molecule has 3 aromatic heterocycles. The summed E-state index contributed by atoms with van der Waals surface area (Å²) in [5.74, 6) is 2.97. The monoisotopic (exact) mass is 1130 g/mol. The van der Waals surface area contributed by atoms with Crippen LogP contribution in [-0.2, 0) is 10.8 Å². The molecular formula is C80H46N2O4S. The van der Waals surface area contributed by atoms with Gasteiger partial charge in [-0.15, -0.1) is 11.3 Å². The molecule has 7 heterocycles. The van der Waals surface area contributed by atoms with Crippen LogP contribution in [0.15, 0.2) is 288 Å². The van der Waals surface area contributed by atoms with E-state index in [0.717, 1.165) is 144 Å². The summed E-state index contributed by atoms with van der Waals surface area (Å²) >= 11 is 1.70. The first-order valence-electron chi connectivity index (χ1n) is 29.4. The predicted molar refractivity (Wildman–Crippen MR) is 351 cm³/mol. The van der Waals surface area contributed by atoms with Gasteiger partial charge in [-0.2, -0.15) is 0 Å². The van der Waals surface area contributed by atoms with Gasteiger partial charge in [0.1, 0.15) is 23.0 Å². The van der Waals surface area contributed by atoms with Gasteiger partial charge in [-0.1, -0.05) is 206 Å². The molecule has 4 aliphatic heterocycles. The number of pyridine rings is 2. The number of thiophene rings is 1. The molecule has 2 spiro atoms. The van der Waals surface area contributed by atoms with Crippen molar-refractivity contribution in [3.05, 3.63) is 343 Å².